The Kier molecular flexibility index (Phi) is 6.90. The standard InChI is InChI=1S/C28H27N3O4S/c1-6-35-27(34)20-10-8-11-22(14-20)30-17(3)13-21(19(30)5)15-23-25(32)29-28(36)31(26(23)33)24-12-7-9-16(2)18(24)4/h7-15H,6H2,1-5H3,(H,29,32,36)/b23-15-. The predicted molar refractivity (Wildman–Crippen MR) is 143 cm³/mol. The lowest BCUT2D eigenvalue weighted by molar-refractivity contribution is -0.122. The molecule has 3 aromatic rings. The lowest BCUT2D eigenvalue weighted by Crippen LogP contribution is -2.54. The fraction of sp³-hybridized carbons (Fsp3) is 0.214. The van der Waals surface area contributed by atoms with Gasteiger partial charge in [0.15, 0.2) is 5.11 Å². The van der Waals surface area contributed by atoms with Crippen LogP contribution in [0, 0.1) is 27.7 Å². The topological polar surface area (TPSA) is 80.6 Å². The highest BCUT2D eigenvalue weighted by molar-refractivity contribution is 7.80. The van der Waals surface area contributed by atoms with E-state index in [-0.39, 0.29) is 10.7 Å². The number of hydrogen-bond donors (Lipinski definition) is 1. The number of thiocarbonyl (C=S) groups is 1. The Morgan fingerprint density at radius 2 is 1.78 bits per heavy atom. The molecule has 184 valence electrons. The van der Waals surface area contributed by atoms with Crippen molar-refractivity contribution in [2.75, 3.05) is 11.5 Å². The van der Waals surface area contributed by atoms with Crippen molar-refractivity contribution in [2.45, 2.75) is 34.6 Å². The van der Waals surface area contributed by atoms with Crippen molar-refractivity contribution in [1.29, 1.82) is 0 Å². The molecule has 1 saturated heterocycles. The molecule has 2 amide bonds. The summed E-state index contributed by atoms with van der Waals surface area (Å²) < 4.78 is 7.09. The van der Waals surface area contributed by atoms with Crippen molar-refractivity contribution in [3.05, 3.63) is 87.7 Å². The van der Waals surface area contributed by atoms with Crippen LogP contribution in [-0.4, -0.2) is 34.1 Å². The summed E-state index contributed by atoms with van der Waals surface area (Å²) in [6.07, 6.45) is 1.59. The summed E-state index contributed by atoms with van der Waals surface area (Å²) in [6, 6.07) is 14.7. The second-order valence-electron chi connectivity index (χ2n) is 8.61. The molecule has 0 bridgehead atoms. The summed E-state index contributed by atoms with van der Waals surface area (Å²) in [5, 5.41) is 2.70. The van der Waals surface area contributed by atoms with Crippen LogP contribution in [-0.2, 0) is 14.3 Å². The molecule has 1 aliphatic rings. The smallest absolute Gasteiger partial charge is 0.338 e. The number of nitrogens with one attached hydrogen (secondary N) is 1. The first kappa shape index (κ1) is 25.1. The molecule has 1 aliphatic heterocycles. The van der Waals surface area contributed by atoms with Gasteiger partial charge in [0.05, 0.1) is 17.9 Å². The van der Waals surface area contributed by atoms with Gasteiger partial charge in [-0.05, 0) is 99.9 Å². The fourth-order valence-electron chi connectivity index (χ4n) is 4.33. The second-order valence-corrected chi connectivity index (χ2v) is 9.00. The monoisotopic (exact) mass is 501 g/mol. The first-order valence-electron chi connectivity index (χ1n) is 11.6. The van der Waals surface area contributed by atoms with Gasteiger partial charge in [-0.15, -0.1) is 0 Å². The Bertz CT molecular complexity index is 1450. The van der Waals surface area contributed by atoms with Gasteiger partial charge in [-0.3, -0.25) is 19.8 Å². The maximum atomic E-state index is 13.5. The number of esters is 1. The molecule has 8 heteroatoms. The van der Waals surface area contributed by atoms with Crippen molar-refractivity contribution in [3.63, 3.8) is 0 Å². The van der Waals surface area contributed by atoms with E-state index in [9.17, 15) is 14.4 Å². The van der Waals surface area contributed by atoms with E-state index >= 15 is 0 Å². The van der Waals surface area contributed by atoms with Crippen molar-refractivity contribution in [3.8, 4) is 5.69 Å². The molecule has 0 aliphatic carbocycles. The molecule has 1 aromatic heterocycles. The molecule has 1 N–H and O–H groups in total. The van der Waals surface area contributed by atoms with Gasteiger partial charge in [-0.1, -0.05) is 18.2 Å². The van der Waals surface area contributed by atoms with Crippen LogP contribution in [0.5, 0.6) is 0 Å². The lowest BCUT2D eigenvalue weighted by atomic mass is 10.0. The SMILES string of the molecule is CCOC(=O)c1cccc(-n2c(C)cc(/C=C3/C(=O)NC(=S)N(c4cccc(C)c4C)C3=O)c2C)c1. The van der Waals surface area contributed by atoms with E-state index in [1.54, 1.807) is 31.2 Å². The molecule has 0 saturated carbocycles. The molecule has 4 rings (SSSR count). The maximum Gasteiger partial charge on any atom is 0.338 e. The van der Waals surface area contributed by atoms with Gasteiger partial charge < -0.3 is 9.30 Å². The molecular formula is C28H27N3O4S. The molecular weight excluding hydrogens is 474 g/mol. The average Bonchev–Trinajstić information content (AvgIpc) is 3.12. The molecule has 36 heavy (non-hydrogen) atoms. The van der Waals surface area contributed by atoms with E-state index in [0.717, 1.165) is 28.2 Å². The highest BCUT2D eigenvalue weighted by Crippen LogP contribution is 2.29. The average molecular weight is 502 g/mol. The zero-order valence-corrected chi connectivity index (χ0v) is 21.7. The lowest BCUT2D eigenvalue weighted by Gasteiger charge is -2.30. The largest absolute Gasteiger partial charge is 0.462 e. The zero-order valence-electron chi connectivity index (χ0n) is 20.8. The summed E-state index contributed by atoms with van der Waals surface area (Å²) >= 11 is 5.35. The maximum absolute atomic E-state index is 13.5. The van der Waals surface area contributed by atoms with Crippen molar-refractivity contribution in [1.82, 2.24) is 9.88 Å². The zero-order chi connectivity index (χ0) is 26.1. The van der Waals surface area contributed by atoms with Crippen LogP contribution in [0.3, 0.4) is 0 Å². The highest BCUT2D eigenvalue weighted by Gasteiger charge is 2.35. The predicted octanol–water partition coefficient (Wildman–Crippen LogP) is 4.72. The fourth-order valence-corrected chi connectivity index (χ4v) is 4.60. The molecule has 0 unspecified atom stereocenters. The number of benzene rings is 2. The molecule has 0 spiro atoms. The Hall–Kier alpha value is -4.04. The normalized spacial score (nSPS) is 14.9. The van der Waals surface area contributed by atoms with Crippen LogP contribution in [0.1, 0.15) is 45.4 Å². The van der Waals surface area contributed by atoms with Gasteiger partial charge in [-0.25, -0.2) is 4.79 Å². The third-order valence-electron chi connectivity index (χ3n) is 6.30. The summed E-state index contributed by atoms with van der Waals surface area (Å²) in [5.41, 5.74) is 6.17. The number of aromatic nitrogens is 1. The summed E-state index contributed by atoms with van der Waals surface area (Å²) in [4.78, 5) is 39.9. The first-order chi connectivity index (χ1) is 17.1. The minimum Gasteiger partial charge on any atom is -0.462 e. The van der Waals surface area contributed by atoms with E-state index < -0.39 is 17.8 Å². The van der Waals surface area contributed by atoms with Gasteiger partial charge in [-0.2, -0.15) is 0 Å². The van der Waals surface area contributed by atoms with Crippen LogP contribution >= 0.6 is 12.2 Å². The summed E-state index contributed by atoms with van der Waals surface area (Å²) in [5.74, 6) is -1.41. The number of anilines is 1. The number of rotatable bonds is 5. The van der Waals surface area contributed by atoms with E-state index in [1.807, 2.05) is 62.6 Å². The molecule has 1 fully saturated rings. The van der Waals surface area contributed by atoms with E-state index in [1.165, 1.54) is 4.90 Å². The van der Waals surface area contributed by atoms with Crippen LogP contribution < -0.4 is 10.2 Å². The molecule has 0 atom stereocenters. The number of ether oxygens (including phenoxy) is 1. The van der Waals surface area contributed by atoms with Crippen LogP contribution in [0.25, 0.3) is 11.8 Å². The number of aryl methyl sites for hydroxylation is 2. The Labute approximate surface area is 215 Å². The molecule has 7 nitrogen and oxygen atoms in total. The molecule has 2 heterocycles. The number of carbonyl (C=O) groups excluding carboxylic acids is 3. The Balaban J connectivity index is 1.75. The van der Waals surface area contributed by atoms with Crippen molar-refractivity contribution in [2.24, 2.45) is 0 Å². The van der Waals surface area contributed by atoms with E-state index in [4.69, 9.17) is 17.0 Å². The van der Waals surface area contributed by atoms with Gasteiger partial charge in [0, 0.05) is 17.1 Å². The minimum atomic E-state index is -0.541. The Morgan fingerprint density at radius 3 is 2.50 bits per heavy atom. The van der Waals surface area contributed by atoms with E-state index in [2.05, 4.69) is 5.32 Å². The van der Waals surface area contributed by atoms with Crippen LogP contribution in [0.15, 0.2) is 54.1 Å². The van der Waals surface area contributed by atoms with Gasteiger partial charge in [0.25, 0.3) is 11.8 Å². The van der Waals surface area contributed by atoms with Crippen LogP contribution in [0.4, 0.5) is 5.69 Å². The van der Waals surface area contributed by atoms with E-state index in [0.29, 0.717) is 23.4 Å². The number of carbonyl (C=O) groups is 3. The van der Waals surface area contributed by atoms with Crippen molar-refractivity contribution < 1.29 is 19.1 Å². The molecule has 0 radical (unpaired) electrons. The first-order valence-corrected chi connectivity index (χ1v) is 12.0. The van der Waals surface area contributed by atoms with Gasteiger partial charge >= 0.3 is 5.97 Å². The van der Waals surface area contributed by atoms with Gasteiger partial charge in [0.1, 0.15) is 5.57 Å². The molecule has 2 aromatic carbocycles. The highest BCUT2D eigenvalue weighted by atomic mass is 32.1. The minimum absolute atomic E-state index is 0.00923. The number of amides is 2. The Morgan fingerprint density at radius 1 is 1.06 bits per heavy atom. The third kappa shape index (κ3) is 4.47. The van der Waals surface area contributed by atoms with Crippen molar-refractivity contribution >= 4 is 46.9 Å². The summed E-state index contributed by atoms with van der Waals surface area (Å²) in [6.45, 7) is 9.75. The summed E-state index contributed by atoms with van der Waals surface area (Å²) in [7, 11) is 0. The third-order valence-corrected chi connectivity index (χ3v) is 6.59. The van der Waals surface area contributed by atoms with Crippen LogP contribution in [0.2, 0.25) is 0 Å². The second kappa shape index (κ2) is 9.91. The number of nitrogens with zero attached hydrogens (tertiary/aromatic N) is 2. The quantitative estimate of drug-likeness (QED) is 0.237. The van der Waals surface area contributed by atoms with Gasteiger partial charge in [0.2, 0.25) is 0 Å². The number of hydrogen-bond acceptors (Lipinski definition) is 5.